The molecule has 2 aromatic rings. The Bertz CT molecular complexity index is 760. The fourth-order valence-electron chi connectivity index (χ4n) is 3.46. The minimum absolute atomic E-state index is 0. The monoisotopic (exact) mass is 561 g/mol. The van der Waals surface area contributed by atoms with Gasteiger partial charge in [-0.1, -0.05) is 26.8 Å². The van der Waals surface area contributed by atoms with Gasteiger partial charge in [-0.2, -0.15) is 0 Å². The highest BCUT2D eigenvalue weighted by molar-refractivity contribution is 14.0. The molecule has 1 atom stereocenters. The van der Waals surface area contributed by atoms with Crippen molar-refractivity contribution in [2.45, 2.75) is 39.8 Å². The first-order valence-electron chi connectivity index (χ1n) is 10.9. The van der Waals surface area contributed by atoms with Crippen LogP contribution in [0.1, 0.15) is 37.5 Å². The van der Waals surface area contributed by atoms with Crippen molar-refractivity contribution in [3.8, 4) is 0 Å². The molecule has 1 aliphatic heterocycles. The molecule has 2 aromatic heterocycles. The molecule has 0 saturated carbocycles. The summed E-state index contributed by atoms with van der Waals surface area (Å²) in [5, 5.41) is 17.4. The Balaban J connectivity index is 0.00000341. The lowest BCUT2D eigenvalue weighted by Crippen LogP contribution is -2.46. The Labute approximate surface area is 206 Å². The summed E-state index contributed by atoms with van der Waals surface area (Å²) < 4.78 is 7.65. The number of hydrogen-bond donors (Lipinski definition) is 2. The summed E-state index contributed by atoms with van der Waals surface area (Å²) in [6.07, 6.45) is 2.68. The van der Waals surface area contributed by atoms with Crippen molar-refractivity contribution < 1.29 is 4.74 Å². The van der Waals surface area contributed by atoms with Gasteiger partial charge in [-0.25, -0.2) is 0 Å². The second kappa shape index (κ2) is 14.0. The maximum Gasteiger partial charge on any atom is 0.191 e. The first-order valence-corrected chi connectivity index (χ1v) is 11.8. The third-order valence-corrected chi connectivity index (χ3v) is 6.07. The van der Waals surface area contributed by atoms with Crippen LogP contribution >= 0.6 is 35.3 Å². The molecule has 174 valence electrons. The third kappa shape index (κ3) is 8.32. The van der Waals surface area contributed by atoms with Crippen molar-refractivity contribution in [1.29, 1.82) is 0 Å². The summed E-state index contributed by atoms with van der Waals surface area (Å²) in [7, 11) is 0. The van der Waals surface area contributed by atoms with E-state index in [-0.39, 0.29) is 24.0 Å². The number of aryl methyl sites for hydroxylation is 1. The molecule has 0 amide bonds. The number of thiophene rings is 1. The van der Waals surface area contributed by atoms with E-state index in [0.29, 0.717) is 12.0 Å². The van der Waals surface area contributed by atoms with Crippen molar-refractivity contribution in [2.24, 2.45) is 10.9 Å². The van der Waals surface area contributed by atoms with Crippen molar-refractivity contribution in [3.05, 3.63) is 34.5 Å². The quantitative estimate of drug-likeness (QED) is 0.264. The van der Waals surface area contributed by atoms with Gasteiger partial charge in [-0.15, -0.1) is 45.5 Å². The summed E-state index contributed by atoms with van der Waals surface area (Å²) in [6, 6.07) is 4.68. The van der Waals surface area contributed by atoms with Gasteiger partial charge in [0.1, 0.15) is 12.2 Å². The van der Waals surface area contributed by atoms with Crippen LogP contribution in [0.4, 0.5) is 0 Å². The van der Waals surface area contributed by atoms with Crippen LogP contribution in [-0.2, 0) is 17.7 Å². The fraction of sp³-hybridized carbons (Fsp3) is 0.667. The van der Waals surface area contributed by atoms with Crippen molar-refractivity contribution >= 4 is 41.3 Å². The summed E-state index contributed by atoms with van der Waals surface area (Å²) in [5.41, 5.74) is 0. The number of aliphatic imine (C=N–C) groups is 1. The average Bonchev–Trinajstić information content (AvgIpc) is 3.44. The lowest BCUT2D eigenvalue weighted by Gasteiger charge is -2.34. The van der Waals surface area contributed by atoms with Gasteiger partial charge in [-0.3, -0.25) is 9.89 Å². The molecular formula is C21H36IN7OS. The van der Waals surface area contributed by atoms with Crippen LogP contribution in [0.5, 0.6) is 0 Å². The summed E-state index contributed by atoms with van der Waals surface area (Å²) in [6.45, 7) is 13.2. The van der Waals surface area contributed by atoms with E-state index in [1.807, 2.05) is 11.3 Å². The molecule has 1 saturated heterocycles. The van der Waals surface area contributed by atoms with E-state index in [4.69, 9.17) is 9.73 Å². The van der Waals surface area contributed by atoms with E-state index in [1.54, 1.807) is 6.33 Å². The van der Waals surface area contributed by atoms with Gasteiger partial charge in [0.25, 0.3) is 0 Å². The maximum absolute atomic E-state index is 5.56. The van der Waals surface area contributed by atoms with Gasteiger partial charge in [0.2, 0.25) is 0 Å². The second-order valence-corrected chi connectivity index (χ2v) is 8.84. The Hall–Kier alpha value is -1.24. The SMILES string of the molecule is CCc1nncn1CCNC(=NCC(C)C)NCC(c1cccs1)N1CCOCC1.I. The fourth-order valence-corrected chi connectivity index (χ4v) is 4.32. The van der Waals surface area contributed by atoms with Gasteiger partial charge < -0.3 is 19.9 Å². The van der Waals surface area contributed by atoms with Gasteiger partial charge in [0.05, 0.1) is 19.3 Å². The minimum atomic E-state index is 0. The molecule has 3 rings (SSSR count). The smallest absolute Gasteiger partial charge is 0.191 e. The normalized spacial score (nSPS) is 16.2. The largest absolute Gasteiger partial charge is 0.379 e. The van der Waals surface area contributed by atoms with Gasteiger partial charge in [0.15, 0.2) is 5.96 Å². The van der Waals surface area contributed by atoms with Crippen LogP contribution in [-0.4, -0.2) is 71.6 Å². The number of morpholine rings is 1. The van der Waals surface area contributed by atoms with E-state index < -0.39 is 0 Å². The zero-order valence-electron chi connectivity index (χ0n) is 18.8. The number of guanidine groups is 1. The Morgan fingerprint density at radius 1 is 1.29 bits per heavy atom. The molecule has 1 fully saturated rings. The van der Waals surface area contributed by atoms with Crippen LogP contribution in [0.15, 0.2) is 28.8 Å². The van der Waals surface area contributed by atoms with Gasteiger partial charge in [0, 0.05) is 50.6 Å². The van der Waals surface area contributed by atoms with Gasteiger partial charge >= 0.3 is 0 Å². The summed E-state index contributed by atoms with van der Waals surface area (Å²) >= 11 is 1.81. The standard InChI is InChI=1S/C21H35N7OS.HI/c1-4-20-26-25-16-28(20)8-7-22-21(23-14-17(2)3)24-15-18(19-6-5-13-30-19)27-9-11-29-12-10-27;/h5-6,13,16-18H,4,7-12,14-15H2,1-3H3,(H2,22,23,24);1H. The zero-order chi connectivity index (χ0) is 21.2. The molecule has 0 aromatic carbocycles. The van der Waals surface area contributed by atoms with Crippen molar-refractivity contribution in [1.82, 2.24) is 30.3 Å². The number of hydrogen-bond acceptors (Lipinski definition) is 6. The zero-order valence-corrected chi connectivity index (χ0v) is 21.9. The van der Waals surface area contributed by atoms with Crippen molar-refractivity contribution in [2.75, 3.05) is 45.9 Å². The number of halogens is 1. The predicted octanol–water partition coefficient (Wildman–Crippen LogP) is 2.78. The van der Waals surface area contributed by atoms with E-state index in [1.165, 1.54) is 4.88 Å². The number of nitrogens with zero attached hydrogens (tertiary/aromatic N) is 5. The highest BCUT2D eigenvalue weighted by Gasteiger charge is 2.23. The van der Waals surface area contributed by atoms with Crippen LogP contribution in [0.25, 0.3) is 0 Å². The Morgan fingerprint density at radius 3 is 2.77 bits per heavy atom. The van der Waals surface area contributed by atoms with E-state index in [2.05, 4.69) is 68.6 Å². The third-order valence-electron chi connectivity index (χ3n) is 5.09. The molecule has 10 heteroatoms. The molecule has 0 aliphatic carbocycles. The van der Waals surface area contributed by atoms with E-state index in [9.17, 15) is 0 Å². The Kier molecular flexibility index (Phi) is 11.8. The average molecular weight is 562 g/mol. The lowest BCUT2D eigenvalue weighted by molar-refractivity contribution is 0.0177. The number of aromatic nitrogens is 3. The lowest BCUT2D eigenvalue weighted by atomic mass is 10.2. The molecule has 0 bridgehead atoms. The maximum atomic E-state index is 5.56. The number of nitrogens with one attached hydrogen (secondary N) is 2. The first-order chi connectivity index (χ1) is 14.7. The molecular weight excluding hydrogens is 525 g/mol. The molecule has 2 N–H and O–H groups in total. The number of ether oxygens (including phenoxy) is 1. The van der Waals surface area contributed by atoms with E-state index >= 15 is 0 Å². The molecule has 31 heavy (non-hydrogen) atoms. The minimum Gasteiger partial charge on any atom is -0.379 e. The first kappa shape index (κ1) is 26.0. The van der Waals surface area contributed by atoms with Crippen LogP contribution in [0.3, 0.4) is 0 Å². The molecule has 1 aliphatic rings. The molecule has 0 spiro atoms. The number of rotatable bonds is 10. The van der Waals surface area contributed by atoms with Crippen LogP contribution in [0, 0.1) is 5.92 Å². The highest BCUT2D eigenvalue weighted by atomic mass is 127. The molecule has 8 nitrogen and oxygen atoms in total. The highest BCUT2D eigenvalue weighted by Crippen LogP contribution is 2.25. The predicted molar refractivity (Wildman–Crippen MR) is 137 cm³/mol. The molecule has 1 unspecified atom stereocenters. The molecule has 3 heterocycles. The molecule has 0 radical (unpaired) electrons. The topological polar surface area (TPSA) is 79.6 Å². The Morgan fingerprint density at radius 2 is 2.10 bits per heavy atom. The van der Waals surface area contributed by atoms with Gasteiger partial charge in [-0.05, 0) is 17.4 Å². The second-order valence-electron chi connectivity index (χ2n) is 7.86. The summed E-state index contributed by atoms with van der Waals surface area (Å²) in [4.78, 5) is 8.68. The van der Waals surface area contributed by atoms with Crippen LogP contribution in [0.2, 0.25) is 0 Å². The van der Waals surface area contributed by atoms with E-state index in [0.717, 1.165) is 70.7 Å². The van der Waals surface area contributed by atoms with Crippen LogP contribution < -0.4 is 10.6 Å². The summed E-state index contributed by atoms with van der Waals surface area (Å²) in [5.74, 6) is 2.39. The van der Waals surface area contributed by atoms with Crippen molar-refractivity contribution in [3.63, 3.8) is 0 Å².